The number of fused-ring (bicyclic) bond motifs is 1. The molecule has 2 rings (SSSR count). The molecule has 0 spiro atoms. The van der Waals surface area contributed by atoms with Gasteiger partial charge >= 0.3 is 0 Å². The molecule has 1 aromatic carbocycles. The van der Waals surface area contributed by atoms with Crippen LogP contribution in [-0.4, -0.2) is 19.0 Å². The van der Waals surface area contributed by atoms with Gasteiger partial charge in [0.05, 0.1) is 0 Å². The molecule has 0 bridgehead atoms. The Morgan fingerprint density at radius 1 is 1.30 bits per heavy atom. The number of halogens is 1. The van der Waals surface area contributed by atoms with Crippen molar-refractivity contribution in [2.45, 2.75) is 26.3 Å². The van der Waals surface area contributed by atoms with Gasteiger partial charge in [-0.25, -0.2) is 0 Å². The number of amides is 1. The van der Waals surface area contributed by atoms with Crippen LogP contribution in [0, 0.1) is 0 Å². The van der Waals surface area contributed by atoms with E-state index in [-0.39, 0.29) is 5.91 Å². The van der Waals surface area contributed by atoms with Crippen molar-refractivity contribution >= 4 is 28.5 Å². The second kappa shape index (κ2) is 7.31. The van der Waals surface area contributed by atoms with Gasteiger partial charge in [-0.15, -0.1) is 0 Å². The van der Waals surface area contributed by atoms with Gasteiger partial charge in [-0.2, -0.15) is 0 Å². The molecule has 5 heteroatoms. The van der Waals surface area contributed by atoms with Crippen molar-refractivity contribution in [3.8, 4) is 0 Å². The Balaban J connectivity index is 1.84. The van der Waals surface area contributed by atoms with Crippen LogP contribution in [0.2, 0.25) is 5.22 Å². The molecule has 2 N–H and O–H groups in total. The summed E-state index contributed by atoms with van der Waals surface area (Å²) in [7, 11) is 0. The third kappa shape index (κ3) is 3.74. The SMILES string of the molecule is CCCNC(=O)CCNCc1c(Cl)oc2ccccc12. The first-order chi connectivity index (χ1) is 9.72. The molecule has 0 aliphatic rings. The fourth-order valence-electron chi connectivity index (χ4n) is 2.00. The molecule has 1 heterocycles. The summed E-state index contributed by atoms with van der Waals surface area (Å²) in [6.07, 6.45) is 1.42. The molecule has 1 amide bonds. The Hall–Kier alpha value is -1.52. The number of nitrogens with one attached hydrogen (secondary N) is 2. The van der Waals surface area contributed by atoms with Gasteiger partial charge < -0.3 is 15.1 Å². The van der Waals surface area contributed by atoms with Gasteiger partial charge in [0.2, 0.25) is 5.91 Å². The maximum Gasteiger partial charge on any atom is 0.221 e. The summed E-state index contributed by atoms with van der Waals surface area (Å²) >= 11 is 6.09. The zero-order chi connectivity index (χ0) is 14.4. The van der Waals surface area contributed by atoms with E-state index in [1.807, 2.05) is 31.2 Å². The quantitative estimate of drug-likeness (QED) is 0.772. The molecule has 0 saturated heterocycles. The lowest BCUT2D eigenvalue weighted by molar-refractivity contribution is -0.120. The topological polar surface area (TPSA) is 54.3 Å². The first kappa shape index (κ1) is 14.9. The summed E-state index contributed by atoms with van der Waals surface area (Å²) < 4.78 is 5.48. The predicted molar refractivity (Wildman–Crippen MR) is 80.8 cm³/mol. The summed E-state index contributed by atoms with van der Waals surface area (Å²) in [5.41, 5.74) is 1.73. The van der Waals surface area contributed by atoms with Gasteiger partial charge in [0, 0.05) is 37.0 Å². The molecule has 0 fully saturated rings. The van der Waals surface area contributed by atoms with Crippen molar-refractivity contribution in [3.05, 3.63) is 35.0 Å². The number of furan rings is 1. The molecule has 1 aromatic heterocycles. The van der Waals surface area contributed by atoms with Gasteiger partial charge in [0.1, 0.15) is 5.58 Å². The highest BCUT2D eigenvalue weighted by Crippen LogP contribution is 2.29. The second-order valence-corrected chi connectivity index (χ2v) is 4.97. The number of carbonyl (C=O) groups excluding carboxylic acids is 1. The minimum absolute atomic E-state index is 0.0718. The van der Waals surface area contributed by atoms with Crippen LogP contribution in [-0.2, 0) is 11.3 Å². The fourth-order valence-corrected chi connectivity index (χ4v) is 2.25. The third-order valence-electron chi connectivity index (χ3n) is 3.05. The largest absolute Gasteiger partial charge is 0.444 e. The number of carbonyl (C=O) groups is 1. The number of benzene rings is 1. The van der Waals surface area contributed by atoms with Crippen LogP contribution in [0.3, 0.4) is 0 Å². The zero-order valence-corrected chi connectivity index (χ0v) is 12.3. The Labute approximate surface area is 123 Å². The Morgan fingerprint density at radius 3 is 2.90 bits per heavy atom. The van der Waals surface area contributed by atoms with E-state index < -0.39 is 0 Å². The van der Waals surface area contributed by atoms with Crippen LogP contribution in [0.1, 0.15) is 25.3 Å². The van der Waals surface area contributed by atoms with Crippen molar-refractivity contribution in [2.75, 3.05) is 13.1 Å². The van der Waals surface area contributed by atoms with Crippen LogP contribution in [0.25, 0.3) is 11.0 Å². The summed E-state index contributed by atoms with van der Waals surface area (Å²) in [4.78, 5) is 11.4. The Morgan fingerprint density at radius 2 is 2.10 bits per heavy atom. The molecule has 0 atom stereocenters. The highest BCUT2D eigenvalue weighted by molar-refractivity contribution is 6.30. The average Bonchev–Trinajstić information content (AvgIpc) is 2.77. The van der Waals surface area contributed by atoms with Crippen LogP contribution in [0.4, 0.5) is 0 Å². The lowest BCUT2D eigenvalue weighted by Gasteiger charge is -2.05. The third-order valence-corrected chi connectivity index (χ3v) is 3.36. The van der Waals surface area contributed by atoms with Gasteiger partial charge in [0.15, 0.2) is 5.22 Å². The molecule has 108 valence electrons. The van der Waals surface area contributed by atoms with Crippen molar-refractivity contribution in [1.82, 2.24) is 10.6 Å². The minimum atomic E-state index is 0.0718. The summed E-state index contributed by atoms with van der Waals surface area (Å²) in [5.74, 6) is 0.0718. The van der Waals surface area contributed by atoms with Crippen molar-refractivity contribution in [3.63, 3.8) is 0 Å². The van der Waals surface area contributed by atoms with E-state index in [1.165, 1.54) is 0 Å². The predicted octanol–water partition coefficient (Wildman–Crippen LogP) is 3.09. The fraction of sp³-hybridized carbons (Fsp3) is 0.400. The molecule has 0 aliphatic heterocycles. The average molecular weight is 295 g/mol. The molecule has 0 radical (unpaired) electrons. The standard InChI is InChI=1S/C15H19ClN2O2/c1-2-8-18-14(19)7-9-17-10-12-11-5-3-4-6-13(11)20-15(12)16/h3-6,17H,2,7-10H2,1H3,(H,18,19). The lowest BCUT2D eigenvalue weighted by Crippen LogP contribution is -2.28. The first-order valence-electron chi connectivity index (χ1n) is 6.85. The maximum absolute atomic E-state index is 11.4. The van der Waals surface area contributed by atoms with E-state index in [0.717, 1.165) is 29.5 Å². The summed E-state index contributed by atoms with van der Waals surface area (Å²) in [5, 5.41) is 7.49. The summed E-state index contributed by atoms with van der Waals surface area (Å²) in [6.45, 7) is 3.98. The lowest BCUT2D eigenvalue weighted by atomic mass is 10.2. The van der Waals surface area contributed by atoms with Crippen molar-refractivity contribution < 1.29 is 9.21 Å². The first-order valence-corrected chi connectivity index (χ1v) is 7.23. The van der Waals surface area contributed by atoms with E-state index in [0.29, 0.717) is 24.7 Å². The van der Waals surface area contributed by atoms with E-state index >= 15 is 0 Å². The maximum atomic E-state index is 11.4. The molecular weight excluding hydrogens is 276 g/mol. The van der Waals surface area contributed by atoms with E-state index in [2.05, 4.69) is 10.6 Å². The van der Waals surface area contributed by atoms with Crippen LogP contribution in [0.15, 0.2) is 28.7 Å². The van der Waals surface area contributed by atoms with Crippen LogP contribution < -0.4 is 10.6 Å². The molecule has 0 aliphatic carbocycles. The zero-order valence-electron chi connectivity index (χ0n) is 11.5. The number of hydrogen-bond acceptors (Lipinski definition) is 3. The molecule has 0 unspecified atom stereocenters. The monoisotopic (exact) mass is 294 g/mol. The second-order valence-electron chi connectivity index (χ2n) is 4.63. The van der Waals surface area contributed by atoms with Crippen molar-refractivity contribution in [2.24, 2.45) is 0 Å². The highest BCUT2D eigenvalue weighted by Gasteiger charge is 2.11. The number of hydrogen-bond donors (Lipinski definition) is 2. The van der Waals surface area contributed by atoms with Gasteiger partial charge in [-0.05, 0) is 24.1 Å². The molecular formula is C15H19ClN2O2. The highest BCUT2D eigenvalue weighted by atomic mass is 35.5. The van der Waals surface area contributed by atoms with Crippen LogP contribution in [0.5, 0.6) is 0 Å². The van der Waals surface area contributed by atoms with Gasteiger partial charge in [0.25, 0.3) is 0 Å². The Bertz CT molecular complexity index is 580. The molecule has 0 saturated carbocycles. The molecule has 2 aromatic rings. The van der Waals surface area contributed by atoms with E-state index in [4.69, 9.17) is 16.0 Å². The summed E-state index contributed by atoms with van der Waals surface area (Å²) in [6, 6.07) is 7.74. The van der Waals surface area contributed by atoms with Gasteiger partial charge in [-0.3, -0.25) is 4.79 Å². The smallest absolute Gasteiger partial charge is 0.221 e. The van der Waals surface area contributed by atoms with E-state index in [9.17, 15) is 4.79 Å². The number of rotatable bonds is 7. The number of para-hydroxylation sites is 1. The minimum Gasteiger partial charge on any atom is -0.444 e. The Kier molecular flexibility index (Phi) is 5.44. The van der Waals surface area contributed by atoms with Gasteiger partial charge in [-0.1, -0.05) is 25.1 Å². The normalized spacial score (nSPS) is 10.9. The van der Waals surface area contributed by atoms with Crippen LogP contribution >= 0.6 is 11.6 Å². The van der Waals surface area contributed by atoms with E-state index in [1.54, 1.807) is 0 Å². The molecule has 20 heavy (non-hydrogen) atoms. The van der Waals surface area contributed by atoms with Crippen molar-refractivity contribution in [1.29, 1.82) is 0 Å². The molecule has 4 nitrogen and oxygen atoms in total.